The Kier molecular flexibility index (Phi) is 4.01. The summed E-state index contributed by atoms with van der Waals surface area (Å²) in [5.41, 5.74) is 1.99. The van der Waals surface area contributed by atoms with E-state index in [1.54, 1.807) is 24.3 Å². The quantitative estimate of drug-likeness (QED) is 0.554. The molecule has 3 rings (SSSR count). The number of fused-ring (bicyclic) bond motifs is 1. The second-order valence-corrected chi connectivity index (χ2v) is 6.39. The van der Waals surface area contributed by atoms with Crippen molar-refractivity contribution in [2.75, 3.05) is 0 Å². The summed E-state index contributed by atoms with van der Waals surface area (Å²) in [5.74, 6) is 0.214. The van der Waals surface area contributed by atoms with Gasteiger partial charge in [0.1, 0.15) is 11.3 Å². The molecule has 0 saturated heterocycles. The standard InChI is InChI=1S/C14H8BrClFNOS/c15-9-2-1-8(11(17)5-9)7-20-14-18-12-4-3-10(16)6-13(12)19-14/h1-6H,7H2. The second-order valence-electron chi connectivity index (χ2n) is 4.12. The van der Waals surface area contributed by atoms with Crippen LogP contribution in [0, 0.1) is 5.82 Å². The minimum absolute atomic E-state index is 0.244. The van der Waals surface area contributed by atoms with Gasteiger partial charge in [0.2, 0.25) is 0 Å². The molecule has 0 fully saturated rings. The molecular weight excluding hydrogens is 365 g/mol. The first-order valence-electron chi connectivity index (χ1n) is 5.74. The molecule has 0 aliphatic carbocycles. The Morgan fingerprint density at radius 3 is 2.90 bits per heavy atom. The highest BCUT2D eigenvalue weighted by Gasteiger charge is 2.09. The highest BCUT2D eigenvalue weighted by molar-refractivity contribution is 9.10. The molecule has 102 valence electrons. The van der Waals surface area contributed by atoms with Gasteiger partial charge in [-0.25, -0.2) is 9.37 Å². The largest absolute Gasteiger partial charge is 0.431 e. The summed E-state index contributed by atoms with van der Waals surface area (Å²) in [6.07, 6.45) is 0. The van der Waals surface area contributed by atoms with Crippen LogP contribution < -0.4 is 0 Å². The topological polar surface area (TPSA) is 26.0 Å². The second kappa shape index (κ2) is 5.76. The van der Waals surface area contributed by atoms with Crippen molar-refractivity contribution in [3.05, 3.63) is 57.3 Å². The normalized spacial score (nSPS) is 11.2. The van der Waals surface area contributed by atoms with Gasteiger partial charge in [0, 0.05) is 21.3 Å². The van der Waals surface area contributed by atoms with Crippen LogP contribution in [0.1, 0.15) is 5.56 Å². The lowest BCUT2D eigenvalue weighted by molar-refractivity contribution is 0.489. The van der Waals surface area contributed by atoms with E-state index in [4.69, 9.17) is 16.0 Å². The molecule has 1 heterocycles. The zero-order chi connectivity index (χ0) is 14.1. The molecule has 0 amide bonds. The molecule has 0 radical (unpaired) electrons. The molecule has 3 aromatic rings. The highest BCUT2D eigenvalue weighted by Crippen LogP contribution is 2.29. The van der Waals surface area contributed by atoms with E-state index in [1.165, 1.54) is 17.8 Å². The van der Waals surface area contributed by atoms with Crippen LogP contribution in [0.2, 0.25) is 5.02 Å². The number of hydrogen-bond acceptors (Lipinski definition) is 3. The Labute approximate surface area is 132 Å². The molecule has 0 spiro atoms. The maximum atomic E-state index is 13.7. The van der Waals surface area contributed by atoms with Crippen LogP contribution in [0.4, 0.5) is 4.39 Å². The van der Waals surface area contributed by atoms with E-state index in [1.807, 2.05) is 6.07 Å². The number of oxazole rings is 1. The molecule has 0 aliphatic heterocycles. The zero-order valence-electron chi connectivity index (χ0n) is 10.1. The van der Waals surface area contributed by atoms with Crippen molar-refractivity contribution in [2.24, 2.45) is 0 Å². The summed E-state index contributed by atoms with van der Waals surface area (Å²) in [7, 11) is 0. The van der Waals surface area contributed by atoms with Gasteiger partial charge in [-0.1, -0.05) is 45.4 Å². The average Bonchev–Trinajstić information content (AvgIpc) is 2.79. The highest BCUT2D eigenvalue weighted by atomic mass is 79.9. The van der Waals surface area contributed by atoms with Crippen molar-refractivity contribution in [2.45, 2.75) is 11.0 Å². The summed E-state index contributed by atoms with van der Waals surface area (Å²) < 4.78 is 20.0. The van der Waals surface area contributed by atoms with Gasteiger partial charge >= 0.3 is 0 Å². The van der Waals surface area contributed by atoms with Crippen LogP contribution in [-0.2, 0) is 5.75 Å². The average molecular weight is 373 g/mol. The monoisotopic (exact) mass is 371 g/mol. The first-order valence-corrected chi connectivity index (χ1v) is 7.90. The Hall–Kier alpha value is -1.04. The van der Waals surface area contributed by atoms with E-state index in [0.29, 0.717) is 27.1 Å². The smallest absolute Gasteiger partial charge is 0.257 e. The summed E-state index contributed by atoms with van der Waals surface area (Å²) in [4.78, 5) is 4.32. The predicted octanol–water partition coefficient (Wildman–Crippen LogP) is 5.68. The van der Waals surface area contributed by atoms with Crippen LogP contribution in [0.15, 0.2) is 50.5 Å². The number of halogens is 3. The van der Waals surface area contributed by atoms with E-state index in [-0.39, 0.29) is 5.82 Å². The van der Waals surface area contributed by atoms with Crippen LogP contribution in [-0.4, -0.2) is 4.98 Å². The van der Waals surface area contributed by atoms with Gasteiger partial charge < -0.3 is 4.42 Å². The lowest BCUT2D eigenvalue weighted by atomic mass is 10.2. The van der Waals surface area contributed by atoms with Crippen LogP contribution >= 0.6 is 39.3 Å². The molecule has 6 heteroatoms. The lowest BCUT2D eigenvalue weighted by Crippen LogP contribution is -1.87. The van der Waals surface area contributed by atoms with Gasteiger partial charge in [0.25, 0.3) is 5.22 Å². The Morgan fingerprint density at radius 2 is 2.10 bits per heavy atom. The molecule has 2 nitrogen and oxygen atoms in total. The van der Waals surface area contributed by atoms with Crippen LogP contribution in [0.25, 0.3) is 11.1 Å². The Balaban J connectivity index is 1.79. The van der Waals surface area contributed by atoms with Gasteiger partial charge in [-0.05, 0) is 29.8 Å². The molecule has 2 aromatic carbocycles. The maximum Gasteiger partial charge on any atom is 0.257 e. The van der Waals surface area contributed by atoms with Gasteiger partial charge in [-0.15, -0.1) is 0 Å². The van der Waals surface area contributed by atoms with Crippen molar-refractivity contribution in [3.63, 3.8) is 0 Å². The molecule has 20 heavy (non-hydrogen) atoms. The minimum Gasteiger partial charge on any atom is -0.431 e. The molecule has 1 aromatic heterocycles. The van der Waals surface area contributed by atoms with Gasteiger partial charge in [0.15, 0.2) is 5.58 Å². The summed E-state index contributed by atoms with van der Waals surface area (Å²) >= 11 is 10.5. The fourth-order valence-corrected chi connectivity index (χ4v) is 3.04. The van der Waals surface area contributed by atoms with Crippen molar-refractivity contribution in [1.82, 2.24) is 4.98 Å². The first kappa shape index (κ1) is 13.9. The molecular formula is C14H8BrClFNOS. The van der Waals surface area contributed by atoms with Crippen molar-refractivity contribution in [1.29, 1.82) is 0 Å². The van der Waals surface area contributed by atoms with Gasteiger partial charge in [0.05, 0.1) is 0 Å². The van der Waals surface area contributed by atoms with E-state index < -0.39 is 0 Å². The fraction of sp³-hybridized carbons (Fsp3) is 0.0714. The number of aromatic nitrogens is 1. The van der Waals surface area contributed by atoms with Crippen LogP contribution in [0.5, 0.6) is 0 Å². The number of hydrogen-bond donors (Lipinski definition) is 0. The Bertz CT molecular complexity index is 777. The predicted molar refractivity (Wildman–Crippen MR) is 82.7 cm³/mol. The first-order chi connectivity index (χ1) is 9.61. The summed E-state index contributed by atoms with van der Waals surface area (Å²) in [6.45, 7) is 0. The van der Waals surface area contributed by atoms with Crippen LogP contribution in [0.3, 0.4) is 0 Å². The van der Waals surface area contributed by atoms with E-state index >= 15 is 0 Å². The number of benzene rings is 2. The van der Waals surface area contributed by atoms with E-state index in [9.17, 15) is 4.39 Å². The molecule has 0 unspecified atom stereocenters. The van der Waals surface area contributed by atoms with Gasteiger partial charge in [-0.2, -0.15) is 0 Å². The third-order valence-electron chi connectivity index (χ3n) is 2.70. The molecule has 0 N–H and O–H groups in total. The zero-order valence-corrected chi connectivity index (χ0v) is 13.2. The SMILES string of the molecule is Fc1cc(Br)ccc1CSc1nc2ccc(Cl)cc2o1. The van der Waals surface area contributed by atoms with E-state index in [2.05, 4.69) is 20.9 Å². The molecule has 0 aliphatic rings. The molecule has 0 saturated carbocycles. The van der Waals surface area contributed by atoms with Crippen molar-refractivity contribution >= 4 is 50.4 Å². The van der Waals surface area contributed by atoms with Crippen molar-refractivity contribution in [3.8, 4) is 0 Å². The summed E-state index contributed by atoms with van der Waals surface area (Å²) in [6, 6.07) is 10.3. The molecule has 0 bridgehead atoms. The van der Waals surface area contributed by atoms with Crippen molar-refractivity contribution < 1.29 is 8.81 Å². The maximum absolute atomic E-state index is 13.7. The third-order valence-corrected chi connectivity index (χ3v) is 4.30. The minimum atomic E-state index is -0.244. The number of rotatable bonds is 3. The Morgan fingerprint density at radius 1 is 1.25 bits per heavy atom. The van der Waals surface area contributed by atoms with Gasteiger partial charge in [-0.3, -0.25) is 0 Å². The fourth-order valence-electron chi connectivity index (χ4n) is 1.72. The lowest BCUT2D eigenvalue weighted by Gasteiger charge is -2.01. The summed E-state index contributed by atoms with van der Waals surface area (Å²) in [5, 5.41) is 1.11. The number of thioether (sulfide) groups is 1. The van der Waals surface area contributed by atoms with E-state index in [0.717, 1.165) is 9.99 Å². The molecule has 0 atom stereocenters. The number of nitrogens with zero attached hydrogens (tertiary/aromatic N) is 1. The third kappa shape index (κ3) is 3.00.